The molecule has 0 saturated carbocycles. The van der Waals surface area contributed by atoms with E-state index in [1.807, 2.05) is 0 Å². The van der Waals surface area contributed by atoms with Crippen LogP contribution in [0.1, 0.15) is 19.2 Å². The SMILES string of the molecule is CCc1nsc(N2CCC(CBr)C2)n1. The highest BCUT2D eigenvalue weighted by Gasteiger charge is 2.23. The third kappa shape index (κ3) is 2.08. The zero-order valence-corrected chi connectivity index (χ0v) is 10.6. The van der Waals surface area contributed by atoms with E-state index in [0.29, 0.717) is 0 Å². The Hall–Kier alpha value is -0.160. The standard InChI is InChI=1S/C9H14BrN3S/c1-2-8-11-9(14-12-8)13-4-3-7(5-10)6-13/h7H,2-6H2,1H3. The molecule has 78 valence electrons. The van der Waals surface area contributed by atoms with Crippen molar-refractivity contribution in [3.05, 3.63) is 5.82 Å². The summed E-state index contributed by atoms with van der Waals surface area (Å²) in [7, 11) is 0. The Bertz CT molecular complexity index is 302. The van der Waals surface area contributed by atoms with Gasteiger partial charge in [-0.15, -0.1) is 0 Å². The van der Waals surface area contributed by atoms with Crippen LogP contribution in [0.15, 0.2) is 0 Å². The van der Waals surface area contributed by atoms with Crippen molar-refractivity contribution in [1.29, 1.82) is 0 Å². The van der Waals surface area contributed by atoms with Crippen molar-refractivity contribution in [1.82, 2.24) is 9.36 Å². The molecule has 1 aromatic heterocycles. The lowest BCUT2D eigenvalue weighted by atomic mass is 10.2. The number of hydrogen-bond acceptors (Lipinski definition) is 4. The summed E-state index contributed by atoms with van der Waals surface area (Å²) in [4.78, 5) is 6.85. The second-order valence-electron chi connectivity index (χ2n) is 3.60. The molecule has 1 atom stereocenters. The lowest BCUT2D eigenvalue weighted by Gasteiger charge is -2.12. The van der Waals surface area contributed by atoms with Crippen molar-refractivity contribution in [2.24, 2.45) is 5.92 Å². The quantitative estimate of drug-likeness (QED) is 0.793. The molecule has 2 heterocycles. The van der Waals surface area contributed by atoms with E-state index in [2.05, 4.69) is 37.1 Å². The van der Waals surface area contributed by atoms with Gasteiger partial charge in [0.15, 0.2) is 0 Å². The second kappa shape index (κ2) is 4.57. The molecule has 0 aromatic carbocycles. The van der Waals surface area contributed by atoms with Crippen molar-refractivity contribution >= 4 is 32.6 Å². The Morgan fingerprint density at radius 3 is 3.07 bits per heavy atom. The van der Waals surface area contributed by atoms with Gasteiger partial charge in [-0.3, -0.25) is 0 Å². The Morgan fingerprint density at radius 2 is 2.50 bits per heavy atom. The fraction of sp³-hybridized carbons (Fsp3) is 0.778. The van der Waals surface area contributed by atoms with Gasteiger partial charge in [-0.25, -0.2) is 4.98 Å². The fourth-order valence-corrected chi connectivity index (χ4v) is 2.96. The molecule has 0 aliphatic carbocycles. The predicted molar refractivity (Wildman–Crippen MR) is 63.4 cm³/mol. The third-order valence-electron chi connectivity index (χ3n) is 2.55. The van der Waals surface area contributed by atoms with Crippen LogP contribution in [0.2, 0.25) is 0 Å². The van der Waals surface area contributed by atoms with Crippen molar-refractivity contribution in [3.8, 4) is 0 Å². The van der Waals surface area contributed by atoms with Gasteiger partial charge in [-0.05, 0) is 12.3 Å². The first-order valence-corrected chi connectivity index (χ1v) is 6.86. The van der Waals surface area contributed by atoms with Crippen molar-refractivity contribution < 1.29 is 0 Å². The number of rotatable bonds is 3. The number of anilines is 1. The van der Waals surface area contributed by atoms with Crippen LogP contribution in [-0.2, 0) is 6.42 Å². The molecular weight excluding hydrogens is 262 g/mol. The lowest BCUT2D eigenvalue weighted by Crippen LogP contribution is -2.19. The lowest BCUT2D eigenvalue weighted by molar-refractivity contribution is 0.676. The molecule has 2 rings (SSSR count). The smallest absolute Gasteiger partial charge is 0.205 e. The maximum atomic E-state index is 4.50. The molecule has 1 saturated heterocycles. The molecule has 1 aliphatic rings. The van der Waals surface area contributed by atoms with E-state index in [1.165, 1.54) is 18.0 Å². The molecule has 1 aromatic rings. The largest absolute Gasteiger partial charge is 0.347 e. The summed E-state index contributed by atoms with van der Waals surface area (Å²) in [6.45, 7) is 4.36. The minimum absolute atomic E-state index is 0.781. The van der Waals surface area contributed by atoms with Gasteiger partial charge in [-0.2, -0.15) is 4.37 Å². The van der Waals surface area contributed by atoms with Gasteiger partial charge < -0.3 is 4.90 Å². The van der Waals surface area contributed by atoms with Crippen LogP contribution in [0.3, 0.4) is 0 Å². The number of halogens is 1. The first-order valence-electron chi connectivity index (χ1n) is 4.97. The van der Waals surface area contributed by atoms with Crippen molar-refractivity contribution in [2.75, 3.05) is 23.3 Å². The zero-order valence-electron chi connectivity index (χ0n) is 8.24. The number of nitrogens with zero attached hydrogens (tertiary/aromatic N) is 3. The summed E-state index contributed by atoms with van der Waals surface area (Å²) in [5.41, 5.74) is 0. The molecule has 0 amide bonds. The summed E-state index contributed by atoms with van der Waals surface area (Å²) in [5, 5.41) is 2.20. The fourth-order valence-electron chi connectivity index (χ4n) is 1.65. The highest BCUT2D eigenvalue weighted by molar-refractivity contribution is 9.09. The van der Waals surface area contributed by atoms with Gasteiger partial charge in [0.2, 0.25) is 5.13 Å². The number of alkyl halides is 1. The summed E-state index contributed by atoms with van der Waals surface area (Å²) >= 11 is 5.07. The summed E-state index contributed by atoms with van der Waals surface area (Å²) in [6, 6.07) is 0. The number of aryl methyl sites for hydroxylation is 1. The van der Waals surface area contributed by atoms with E-state index in [-0.39, 0.29) is 0 Å². The van der Waals surface area contributed by atoms with E-state index < -0.39 is 0 Å². The third-order valence-corrected chi connectivity index (χ3v) is 4.28. The molecule has 1 unspecified atom stereocenters. The Morgan fingerprint density at radius 1 is 1.64 bits per heavy atom. The van der Waals surface area contributed by atoms with Crippen molar-refractivity contribution in [3.63, 3.8) is 0 Å². The zero-order chi connectivity index (χ0) is 9.97. The molecule has 1 aliphatic heterocycles. The summed E-state index contributed by atoms with van der Waals surface area (Å²) in [5.74, 6) is 1.76. The number of hydrogen-bond donors (Lipinski definition) is 0. The normalized spacial score (nSPS) is 21.9. The second-order valence-corrected chi connectivity index (χ2v) is 4.98. The van der Waals surface area contributed by atoms with Gasteiger partial charge in [-0.1, -0.05) is 22.9 Å². The van der Waals surface area contributed by atoms with Crippen molar-refractivity contribution in [2.45, 2.75) is 19.8 Å². The minimum atomic E-state index is 0.781. The highest BCUT2D eigenvalue weighted by Crippen LogP contribution is 2.26. The molecule has 0 N–H and O–H groups in total. The molecule has 3 nitrogen and oxygen atoms in total. The minimum Gasteiger partial charge on any atom is -0.347 e. The molecule has 1 fully saturated rings. The van der Waals surface area contributed by atoms with E-state index in [1.54, 1.807) is 0 Å². The maximum Gasteiger partial charge on any atom is 0.205 e. The van der Waals surface area contributed by atoms with Crippen LogP contribution < -0.4 is 4.90 Å². The Kier molecular flexibility index (Phi) is 3.38. The van der Waals surface area contributed by atoms with Gasteiger partial charge in [0, 0.05) is 36.4 Å². The van der Waals surface area contributed by atoms with E-state index in [9.17, 15) is 0 Å². The van der Waals surface area contributed by atoms with E-state index >= 15 is 0 Å². The van der Waals surface area contributed by atoms with Crippen LogP contribution >= 0.6 is 27.5 Å². The topological polar surface area (TPSA) is 29.0 Å². The molecule has 0 bridgehead atoms. The molecular formula is C9H14BrN3S. The molecule has 0 spiro atoms. The highest BCUT2D eigenvalue weighted by atomic mass is 79.9. The van der Waals surface area contributed by atoms with E-state index in [4.69, 9.17) is 0 Å². The van der Waals surface area contributed by atoms with Crippen LogP contribution in [0.5, 0.6) is 0 Å². The van der Waals surface area contributed by atoms with Crippen LogP contribution in [-0.4, -0.2) is 27.8 Å². The molecule has 5 heteroatoms. The van der Waals surface area contributed by atoms with Crippen LogP contribution in [0, 0.1) is 5.92 Å². The summed E-state index contributed by atoms with van der Waals surface area (Å²) in [6.07, 6.45) is 2.21. The first-order chi connectivity index (χ1) is 6.83. The number of aromatic nitrogens is 2. The predicted octanol–water partition coefficient (Wildman–Crippen LogP) is 2.32. The van der Waals surface area contributed by atoms with Gasteiger partial charge in [0.25, 0.3) is 0 Å². The average Bonchev–Trinajstić information content (AvgIpc) is 2.86. The summed E-state index contributed by atoms with van der Waals surface area (Å²) < 4.78 is 4.31. The monoisotopic (exact) mass is 275 g/mol. The first kappa shape index (κ1) is 10.4. The average molecular weight is 276 g/mol. The molecule has 0 radical (unpaired) electrons. The van der Waals surface area contributed by atoms with Crippen LogP contribution in [0.4, 0.5) is 5.13 Å². The van der Waals surface area contributed by atoms with Gasteiger partial charge in [0.05, 0.1) is 0 Å². The Labute approximate surface area is 96.8 Å². The van der Waals surface area contributed by atoms with Crippen LogP contribution in [0.25, 0.3) is 0 Å². The van der Waals surface area contributed by atoms with Gasteiger partial charge in [0.1, 0.15) is 5.82 Å². The Balaban J connectivity index is 2.02. The van der Waals surface area contributed by atoms with Gasteiger partial charge >= 0.3 is 0 Å². The molecule has 14 heavy (non-hydrogen) atoms. The maximum absolute atomic E-state index is 4.50. The van der Waals surface area contributed by atoms with E-state index in [0.717, 1.165) is 41.7 Å².